The Kier molecular flexibility index (Phi) is 5.41. The maximum atomic E-state index is 13.9. The van der Waals surface area contributed by atoms with Crippen LogP contribution in [0, 0.1) is 11.7 Å². The minimum absolute atomic E-state index is 0.0339. The van der Waals surface area contributed by atoms with Gasteiger partial charge in [-0.2, -0.15) is 0 Å². The number of esters is 1. The minimum Gasteiger partial charge on any atom is -0.465 e. The second-order valence-electron chi connectivity index (χ2n) is 5.73. The van der Waals surface area contributed by atoms with Crippen LogP contribution in [0.15, 0.2) is 18.2 Å². The fourth-order valence-electron chi connectivity index (χ4n) is 2.83. The van der Waals surface area contributed by atoms with Gasteiger partial charge in [0.15, 0.2) is 0 Å². The summed E-state index contributed by atoms with van der Waals surface area (Å²) in [4.78, 5) is 23.8. The summed E-state index contributed by atoms with van der Waals surface area (Å²) in [6.45, 7) is 2.90. The van der Waals surface area contributed by atoms with Crippen molar-refractivity contribution in [2.24, 2.45) is 5.92 Å². The Morgan fingerprint density at radius 1 is 1.39 bits per heavy atom. The Labute approximate surface area is 134 Å². The van der Waals surface area contributed by atoms with Gasteiger partial charge in [-0.1, -0.05) is 0 Å². The third kappa shape index (κ3) is 4.12. The first-order chi connectivity index (χ1) is 10.9. The molecule has 0 bridgehead atoms. The number of rotatable bonds is 4. The van der Waals surface area contributed by atoms with Gasteiger partial charge < -0.3 is 20.1 Å². The van der Waals surface area contributed by atoms with Crippen molar-refractivity contribution in [1.82, 2.24) is 4.90 Å². The van der Waals surface area contributed by atoms with Gasteiger partial charge in [0.1, 0.15) is 5.82 Å². The summed E-state index contributed by atoms with van der Waals surface area (Å²) in [6, 6.07) is 4.01. The minimum atomic E-state index is -0.902. The van der Waals surface area contributed by atoms with Crippen molar-refractivity contribution in [1.29, 1.82) is 0 Å². The monoisotopic (exact) mass is 324 g/mol. The molecule has 1 aromatic carbocycles. The summed E-state index contributed by atoms with van der Waals surface area (Å²) in [5.74, 6) is -0.713. The molecule has 0 radical (unpaired) electrons. The smallest absolute Gasteiger partial charge is 0.407 e. The molecule has 1 fully saturated rings. The van der Waals surface area contributed by atoms with Gasteiger partial charge in [-0.15, -0.1) is 0 Å². The summed E-state index contributed by atoms with van der Waals surface area (Å²) < 4.78 is 18.6. The number of carbonyl (C=O) groups excluding carboxylic acids is 1. The topological polar surface area (TPSA) is 78.9 Å². The van der Waals surface area contributed by atoms with Crippen molar-refractivity contribution in [3.05, 3.63) is 29.6 Å². The first kappa shape index (κ1) is 17.1. The number of piperidine rings is 1. The molecule has 7 heteroatoms. The van der Waals surface area contributed by atoms with E-state index in [1.54, 1.807) is 0 Å². The highest BCUT2D eigenvalue weighted by atomic mass is 19.1. The highest BCUT2D eigenvalue weighted by Gasteiger charge is 2.26. The van der Waals surface area contributed by atoms with Gasteiger partial charge in [0, 0.05) is 19.1 Å². The molecular weight excluding hydrogens is 303 g/mol. The normalized spacial score (nSPS) is 16.7. The van der Waals surface area contributed by atoms with E-state index in [4.69, 9.17) is 5.11 Å². The van der Waals surface area contributed by atoms with Crippen LogP contribution in [0.2, 0.25) is 0 Å². The number of halogens is 1. The summed E-state index contributed by atoms with van der Waals surface area (Å²) in [5, 5.41) is 12.1. The first-order valence-corrected chi connectivity index (χ1v) is 7.54. The van der Waals surface area contributed by atoms with Crippen molar-refractivity contribution < 1.29 is 23.8 Å². The van der Waals surface area contributed by atoms with Gasteiger partial charge >= 0.3 is 12.1 Å². The van der Waals surface area contributed by atoms with Gasteiger partial charge in [0.05, 0.1) is 18.4 Å². The van der Waals surface area contributed by atoms with E-state index in [0.29, 0.717) is 13.1 Å². The lowest BCUT2D eigenvalue weighted by molar-refractivity contribution is 0.0600. The van der Waals surface area contributed by atoms with Crippen LogP contribution in [0.5, 0.6) is 0 Å². The zero-order chi connectivity index (χ0) is 17.0. The Balaban J connectivity index is 2.01. The van der Waals surface area contributed by atoms with Crippen LogP contribution in [0.4, 0.5) is 14.9 Å². The predicted octanol–water partition coefficient (Wildman–Crippen LogP) is 2.80. The molecular formula is C16H21FN2O4. The molecule has 1 aromatic rings. The Morgan fingerprint density at radius 3 is 2.61 bits per heavy atom. The summed E-state index contributed by atoms with van der Waals surface area (Å²) in [6.07, 6.45) is 0.540. The second-order valence-corrected chi connectivity index (χ2v) is 5.73. The number of carboxylic acid groups (broad SMARTS) is 1. The Morgan fingerprint density at radius 2 is 2.04 bits per heavy atom. The molecule has 0 aromatic heterocycles. The molecule has 0 spiro atoms. The third-order valence-corrected chi connectivity index (χ3v) is 4.29. The largest absolute Gasteiger partial charge is 0.465 e. The molecule has 0 aliphatic carbocycles. The standard InChI is InChI=1S/C16H21FN2O4/c1-10(11-5-7-19(8-6-11)16(21)22)18-14-9-12(15(20)23-2)3-4-13(14)17/h3-4,9-11,18H,5-8H2,1-2H3,(H,21,22). The molecule has 6 nitrogen and oxygen atoms in total. The highest BCUT2D eigenvalue weighted by Crippen LogP contribution is 2.25. The lowest BCUT2D eigenvalue weighted by atomic mass is 9.90. The van der Waals surface area contributed by atoms with E-state index < -0.39 is 17.9 Å². The van der Waals surface area contributed by atoms with E-state index in [0.717, 1.165) is 12.8 Å². The highest BCUT2D eigenvalue weighted by molar-refractivity contribution is 5.90. The van der Waals surface area contributed by atoms with Crippen LogP contribution in [0.3, 0.4) is 0 Å². The lowest BCUT2D eigenvalue weighted by Gasteiger charge is -2.34. The number of hydrogen-bond acceptors (Lipinski definition) is 4. The van der Waals surface area contributed by atoms with Gasteiger partial charge in [-0.3, -0.25) is 0 Å². The number of carbonyl (C=O) groups is 2. The van der Waals surface area contributed by atoms with E-state index in [2.05, 4.69) is 10.1 Å². The average Bonchev–Trinajstić information content (AvgIpc) is 2.56. The maximum absolute atomic E-state index is 13.9. The molecule has 1 saturated heterocycles. The predicted molar refractivity (Wildman–Crippen MR) is 83.1 cm³/mol. The van der Waals surface area contributed by atoms with Crippen molar-refractivity contribution in [2.45, 2.75) is 25.8 Å². The molecule has 0 saturated carbocycles. The SMILES string of the molecule is COC(=O)c1ccc(F)c(NC(C)C2CCN(C(=O)O)CC2)c1. The first-order valence-electron chi connectivity index (χ1n) is 7.54. The van der Waals surface area contributed by atoms with Gasteiger partial charge in [-0.05, 0) is 43.9 Å². The van der Waals surface area contributed by atoms with Crippen LogP contribution in [-0.2, 0) is 4.74 Å². The van der Waals surface area contributed by atoms with Crippen molar-refractivity contribution in [2.75, 3.05) is 25.5 Å². The van der Waals surface area contributed by atoms with E-state index in [1.165, 1.54) is 30.2 Å². The van der Waals surface area contributed by atoms with Crippen LogP contribution in [0.1, 0.15) is 30.1 Å². The quantitative estimate of drug-likeness (QED) is 0.833. The Bertz CT molecular complexity index is 585. The van der Waals surface area contributed by atoms with Crippen LogP contribution < -0.4 is 5.32 Å². The molecule has 2 N–H and O–H groups in total. The Hall–Kier alpha value is -2.31. The van der Waals surface area contributed by atoms with Crippen LogP contribution in [0.25, 0.3) is 0 Å². The summed E-state index contributed by atoms with van der Waals surface area (Å²) in [5.41, 5.74) is 0.533. The zero-order valence-corrected chi connectivity index (χ0v) is 13.2. The molecule has 126 valence electrons. The number of nitrogens with one attached hydrogen (secondary N) is 1. The molecule has 2 rings (SSSR count). The number of ether oxygens (including phenoxy) is 1. The van der Waals surface area contributed by atoms with E-state index in [1.807, 2.05) is 6.92 Å². The number of anilines is 1. The van der Waals surface area contributed by atoms with Crippen molar-refractivity contribution in [3.63, 3.8) is 0 Å². The van der Waals surface area contributed by atoms with E-state index >= 15 is 0 Å². The van der Waals surface area contributed by atoms with Gasteiger partial charge in [-0.25, -0.2) is 14.0 Å². The zero-order valence-electron chi connectivity index (χ0n) is 13.2. The number of hydrogen-bond donors (Lipinski definition) is 2. The molecule has 23 heavy (non-hydrogen) atoms. The van der Waals surface area contributed by atoms with Gasteiger partial charge in [0.25, 0.3) is 0 Å². The lowest BCUT2D eigenvalue weighted by Crippen LogP contribution is -2.41. The van der Waals surface area contributed by atoms with Gasteiger partial charge in [0.2, 0.25) is 0 Å². The molecule has 1 heterocycles. The summed E-state index contributed by atoms with van der Waals surface area (Å²) in [7, 11) is 1.28. The van der Waals surface area contributed by atoms with Crippen molar-refractivity contribution in [3.8, 4) is 0 Å². The van der Waals surface area contributed by atoms with Crippen LogP contribution >= 0.6 is 0 Å². The number of benzene rings is 1. The number of likely N-dealkylation sites (tertiary alicyclic amines) is 1. The summed E-state index contributed by atoms with van der Waals surface area (Å²) >= 11 is 0. The third-order valence-electron chi connectivity index (χ3n) is 4.29. The number of methoxy groups -OCH3 is 1. The molecule has 1 atom stereocenters. The van der Waals surface area contributed by atoms with E-state index in [-0.39, 0.29) is 23.2 Å². The van der Waals surface area contributed by atoms with Crippen molar-refractivity contribution >= 4 is 17.7 Å². The molecule has 1 aliphatic rings. The molecule has 1 amide bonds. The second kappa shape index (κ2) is 7.30. The molecule has 1 unspecified atom stereocenters. The number of nitrogens with zero attached hydrogens (tertiary/aromatic N) is 1. The van der Waals surface area contributed by atoms with E-state index in [9.17, 15) is 14.0 Å². The number of amides is 1. The van der Waals surface area contributed by atoms with Crippen LogP contribution in [-0.4, -0.2) is 48.3 Å². The maximum Gasteiger partial charge on any atom is 0.407 e. The molecule has 1 aliphatic heterocycles. The fourth-order valence-corrected chi connectivity index (χ4v) is 2.83. The average molecular weight is 324 g/mol. The fraction of sp³-hybridized carbons (Fsp3) is 0.500.